The van der Waals surface area contributed by atoms with E-state index in [-0.39, 0.29) is 19.6 Å². The zero-order chi connectivity index (χ0) is 20.4. The minimum atomic E-state index is -1.16. The van der Waals surface area contributed by atoms with Crippen molar-refractivity contribution in [3.05, 3.63) is 65.7 Å². The number of carboxylic acids is 1. The molecule has 0 spiro atoms. The molecule has 2 aromatic carbocycles. The molecule has 0 saturated heterocycles. The summed E-state index contributed by atoms with van der Waals surface area (Å²) in [5.74, 6) is -0.745. The van der Waals surface area contributed by atoms with Crippen LogP contribution in [0.4, 0.5) is 4.79 Å². The third kappa shape index (κ3) is 7.26. The molecule has 2 atom stereocenters. The van der Waals surface area contributed by atoms with Gasteiger partial charge in [-0.1, -0.05) is 42.5 Å². The van der Waals surface area contributed by atoms with Gasteiger partial charge in [-0.3, -0.25) is 0 Å². The average Bonchev–Trinajstić information content (AvgIpc) is 2.71. The van der Waals surface area contributed by atoms with E-state index in [1.807, 2.05) is 30.3 Å². The molecular formula is C20H23NO7. The molecule has 4 N–H and O–H groups in total. The van der Waals surface area contributed by atoms with E-state index in [9.17, 15) is 19.8 Å². The molecule has 0 aromatic heterocycles. The maximum absolute atomic E-state index is 11.7. The van der Waals surface area contributed by atoms with Crippen LogP contribution >= 0.6 is 0 Å². The monoisotopic (exact) mass is 389 g/mol. The summed E-state index contributed by atoms with van der Waals surface area (Å²) < 4.78 is 10.1. The van der Waals surface area contributed by atoms with E-state index in [0.717, 1.165) is 5.56 Å². The number of aliphatic carboxylic acids is 1. The number of carbonyl (C=O) groups excluding carboxylic acids is 1. The van der Waals surface area contributed by atoms with Gasteiger partial charge in [-0.05, 0) is 29.7 Å². The summed E-state index contributed by atoms with van der Waals surface area (Å²) in [6.07, 6.45) is -2.74. The van der Waals surface area contributed by atoms with Gasteiger partial charge in [-0.2, -0.15) is 0 Å². The molecular weight excluding hydrogens is 366 g/mol. The first kappa shape index (κ1) is 21.2. The number of rotatable bonds is 10. The van der Waals surface area contributed by atoms with Crippen molar-refractivity contribution < 1.29 is 34.4 Å². The lowest BCUT2D eigenvalue weighted by Gasteiger charge is -2.18. The second kappa shape index (κ2) is 10.9. The summed E-state index contributed by atoms with van der Waals surface area (Å²) in [6, 6.07) is 15.3. The Bertz CT molecular complexity index is 749. The molecule has 8 nitrogen and oxygen atoms in total. The molecule has 1 amide bonds. The molecule has 0 heterocycles. The summed E-state index contributed by atoms with van der Waals surface area (Å²) in [4.78, 5) is 22.1. The quantitative estimate of drug-likeness (QED) is 0.489. The zero-order valence-electron chi connectivity index (χ0n) is 15.2. The van der Waals surface area contributed by atoms with Crippen molar-refractivity contribution in [2.24, 2.45) is 0 Å². The van der Waals surface area contributed by atoms with E-state index in [1.54, 1.807) is 0 Å². The van der Waals surface area contributed by atoms with Crippen molar-refractivity contribution in [1.82, 2.24) is 5.32 Å². The SMILES string of the molecule is O=C(O)COc1ccc(C(O)C(O)CCNC(=O)OCc2ccccc2)cc1. The normalized spacial score (nSPS) is 12.6. The minimum Gasteiger partial charge on any atom is -0.482 e. The number of carboxylic acid groups (broad SMARTS) is 1. The number of aliphatic hydroxyl groups is 2. The van der Waals surface area contributed by atoms with E-state index in [1.165, 1.54) is 24.3 Å². The van der Waals surface area contributed by atoms with Crippen LogP contribution in [0, 0.1) is 0 Å². The molecule has 0 bridgehead atoms. The third-order valence-corrected chi connectivity index (χ3v) is 3.87. The molecule has 0 aliphatic carbocycles. The van der Waals surface area contributed by atoms with Crippen molar-refractivity contribution >= 4 is 12.1 Å². The molecule has 150 valence electrons. The summed E-state index contributed by atoms with van der Waals surface area (Å²) in [7, 11) is 0. The van der Waals surface area contributed by atoms with Gasteiger partial charge in [0.2, 0.25) is 0 Å². The zero-order valence-corrected chi connectivity index (χ0v) is 15.2. The highest BCUT2D eigenvalue weighted by Gasteiger charge is 2.18. The van der Waals surface area contributed by atoms with Crippen LogP contribution in [0.25, 0.3) is 0 Å². The van der Waals surface area contributed by atoms with Crippen LogP contribution in [0.1, 0.15) is 23.7 Å². The van der Waals surface area contributed by atoms with Crippen molar-refractivity contribution in [1.29, 1.82) is 0 Å². The Morgan fingerprint density at radius 2 is 1.68 bits per heavy atom. The molecule has 2 aromatic rings. The predicted octanol–water partition coefficient (Wildman–Crippen LogP) is 1.86. The van der Waals surface area contributed by atoms with Gasteiger partial charge >= 0.3 is 12.1 Å². The average molecular weight is 389 g/mol. The van der Waals surface area contributed by atoms with Crippen LogP contribution in [0.2, 0.25) is 0 Å². The number of alkyl carbamates (subject to hydrolysis) is 1. The molecule has 0 aliphatic heterocycles. The first-order valence-corrected chi connectivity index (χ1v) is 8.71. The third-order valence-electron chi connectivity index (χ3n) is 3.87. The van der Waals surface area contributed by atoms with Gasteiger partial charge in [0, 0.05) is 6.54 Å². The number of hydrogen-bond donors (Lipinski definition) is 4. The Labute approximate surface area is 162 Å². The predicted molar refractivity (Wildman–Crippen MR) is 99.8 cm³/mol. The van der Waals surface area contributed by atoms with Crippen LogP contribution in [-0.4, -0.2) is 46.6 Å². The van der Waals surface area contributed by atoms with Crippen LogP contribution < -0.4 is 10.1 Å². The fourth-order valence-electron chi connectivity index (χ4n) is 2.38. The van der Waals surface area contributed by atoms with Crippen molar-refractivity contribution in [3.8, 4) is 5.75 Å². The summed E-state index contributed by atoms with van der Waals surface area (Å²) >= 11 is 0. The van der Waals surface area contributed by atoms with Crippen LogP contribution in [-0.2, 0) is 16.1 Å². The molecule has 28 heavy (non-hydrogen) atoms. The molecule has 2 unspecified atom stereocenters. The van der Waals surface area contributed by atoms with E-state index < -0.39 is 30.9 Å². The second-order valence-electron chi connectivity index (χ2n) is 6.04. The molecule has 8 heteroatoms. The Hall–Kier alpha value is -3.10. The fourth-order valence-corrected chi connectivity index (χ4v) is 2.38. The first-order valence-electron chi connectivity index (χ1n) is 8.71. The number of aliphatic hydroxyl groups excluding tert-OH is 2. The standard InChI is InChI=1S/C20H23NO7/c22-17(10-11-21-20(26)28-12-14-4-2-1-3-5-14)19(25)15-6-8-16(9-7-15)27-13-18(23)24/h1-9,17,19,22,25H,10-13H2,(H,21,26)(H,23,24). The number of ether oxygens (including phenoxy) is 2. The lowest BCUT2D eigenvalue weighted by Crippen LogP contribution is -2.29. The second-order valence-corrected chi connectivity index (χ2v) is 6.04. The molecule has 0 fully saturated rings. The maximum atomic E-state index is 11.7. The smallest absolute Gasteiger partial charge is 0.407 e. The van der Waals surface area contributed by atoms with Gasteiger partial charge in [-0.25, -0.2) is 9.59 Å². The number of benzene rings is 2. The highest BCUT2D eigenvalue weighted by atomic mass is 16.5. The van der Waals surface area contributed by atoms with Crippen LogP contribution in [0.5, 0.6) is 5.75 Å². The lowest BCUT2D eigenvalue weighted by atomic mass is 10.0. The number of hydrogen-bond acceptors (Lipinski definition) is 6. The van der Waals surface area contributed by atoms with E-state index in [4.69, 9.17) is 14.6 Å². The van der Waals surface area contributed by atoms with Gasteiger partial charge in [0.25, 0.3) is 0 Å². The number of carbonyl (C=O) groups is 2. The Morgan fingerprint density at radius 3 is 2.32 bits per heavy atom. The Kier molecular flexibility index (Phi) is 8.26. The van der Waals surface area contributed by atoms with Crippen molar-refractivity contribution in [2.45, 2.75) is 25.2 Å². The van der Waals surface area contributed by atoms with Crippen LogP contribution in [0.15, 0.2) is 54.6 Å². The summed E-state index contributed by atoms with van der Waals surface area (Å²) in [5.41, 5.74) is 1.31. The lowest BCUT2D eigenvalue weighted by molar-refractivity contribution is -0.139. The highest BCUT2D eigenvalue weighted by Crippen LogP contribution is 2.21. The summed E-state index contributed by atoms with van der Waals surface area (Å²) in [5, 5.41) is 31.4. The number of nitrogens with one attached hydrogen (secondary N) is 1. The molecule has 2 rings (SSSR count). The molecule has 0 aliphatic rings. The Morgan fingerprint density at radius 1 is 1.00 bits per heavy atom. The van der Waals surface area contributed by atoms with Gasteiger partial charge in [0.05, 0.1) is 6.10 Å². The van der Waals surface area contributed by atoms with E-state index in [2.05, 4.69) is 5.32 Å². The minimum absolute atomic E-state index is 0.124. The van der Waals surface area contributed by atoms with Crippen molar-refractivity contribution in [2.75, 3.05) is 13.2 Å². The highest BCUT2D eigenvalue weighted by molar-refractivity contribution is 5.68. The number of amides is 1. The topological polar surface area (TPSA) is 125 Å². The largest absolute Gasteiger partial charge is 0.482 e. The van der Waals surface area contributed by atoms with Gasteiger partial charge in [0.1, 0.15) is 18.5 Å². The fraction of sp³-hybridized carbons (Fsp3) is 0.300. The summed E-state index contributed by atoms with van der Waals surface area (Å²) in [6.45, 7) is -0.184. The maximum Gasteiger partial charge on any atom is 0.407 e. The molecule has 0 saturated carbocycles. The van der Waals surface area contributed by atoms with Gasteiger partial charge < -0.3 is 30.1 Å². The van der Waals surface area contributed by atoms with E-state index in [0.29, 0.717) is 11.3 Å². The molecule has 0 radical (unpaired) electrons. The van der Waals surface area contributed by atoms with Crippen molar-refractivity contribution in [3.63, 3.8) is 0 Å². The van der Waals surface area contributed by atoms with Gasteiger partial charge in [0.15, 0.2) is 6.61 Å². The van der Waals surface area contributed by atoms with E-state index >= 15 is 0 Å². The van der Waals surface area contributed by atoms with Gasteiger partial charge in [-0.15, -0.1) is 0 Å². The first-order chi connectivity index (χ1) is 13.5. The van der Waals surface area contributed by atoms with Crippen LogP contribution in [0.3, 0.4) is 0 Å². The Balaban J connectivity index is 1.70.